The smallest absolute Gasteiger partial charge is 0.407 e. The topological polar surface area (TPSA) is 26.3 Å². The zero-order valence-corrected chi connectivity index (χ0v) is 12.1. The third kappa shape index (κ3) is 4.36. The Bertz CT molecular complexity index is 509. The van der Waals surface area contributed by atoms with Crippen molar-refractivity contribution in [3.05, 3.63) is 28.2 Å². The van der Waals surface area contributed by atoms with Crippen LogP contribution in [0.1, 0.15) is 17.3 Å². The van der Waals surface area contributed by atoms with Crippen LogP contribution in [0.5, 0.6) is 5.75 Å². The molecule has 21 heavy (non-hydrogen) atoms. The molecular weight excluding hydrogens is 370 g/mol. The molecule has 0 fully saturated rings. The van der Waals surface area contributed by atoms with Gasteiger partial charge >= 0.3 is 12.4 Å². The van der Waals surface area contributed by atoms with Crippen molar-refractivity contribution in [3.8, 4) is 5.75 Å². The van der Waals surface area contributed by atoms with Crippen molar-refractivity contribution in [1.82, 2.24) is 0 Å². The van der Waals surface area contributed by atoms with Crippen molar-refractivity contribution < 1.29 is 35.9 Å². The van der Waals surface area contributed by atoms with Crippen LogP contribution in [-0.4, -0.2) is 24.7 Å². The van der Waals surface area contributed by atoms with Crippen LogP contribution in [0.25, 0.3) is 0 Å². The summed E-state index contributed by atoms with van der Waals surface area (Å²) in [5.74, 6) is -5.89. The van der Waals surface area contributed by atoms with Crippen LogP contribution in [-0.2, 0) is 0 Å². The number of hydrogen-bond acceptors (Lipinski definition) is 2. The van der Waals surface area contributed by atoms with Gasteiger partial charge in [-0.3, -0.25) is 4.79 Å². The summed E-state index contributed by atoms with van der Waals surface area (Å²) in [4.78, 5) is 11.6. The number of carbonyl (C=O) groups excluding carboxylic acids is 1. The summed E-state index contributed by atoms with van der Waals surface area (Å²) in [6, 6.07) is 2.87. The second-order valence-electron chi connectivity index (χ2n) is 3.96. The van der Waals surface area contributed by atoms with Gasteiger partial charge in [-0.1, -0.05) is 0 Å². The fourth-order valence-corrected chi connectivity index (χ4v) is 2.07. The lowest BCUT2D eigenvalue weighted by Gasteiger charge is -2.22. The minimum atomic E-state index is -5.71. The lowest BCUT2D eigenvalue weighted by Crippen LogP contribution is -2.42. The van der Waals surface area contributed by atoms with Crippen LogP contribution in [0.15, 0.2) is 22.7 Å². The highest BCUT2D eigenvalue weighted by Crippen LogP contribution is 2.41. The van der Waals surface area contributed by atoms with Gasteiger partial charge in [-0.25, -0.2) is 0 Å². The second-order valence-corrected chi connectivity index (χ2v) is 4.81. The van der Waals surface area contributed by atoms with Crippen LogP contribution in [0.2, 0.25) is 0 Å². The quantitative estimate of drug-likeness (QED) is 0.557. The molecule has 0 N–H and O–H groups in total. The van der Waals surface area contributed by atoms with Crippen LogP contribution in [0, 0.1) is 5.92 Å². The molecule has 0 saturated heterocycles. The Morgan fingerprint density at radius 2 is 1.71 bits per heavy atom. The minimum Gasteiger partial charge on any atom is -0.493 e. The van der Waals surface area contributed by atoms with Crippen molar-refractivity contribution in [1.29, 1.82) is 0 Å². The maximum absolute atomic E-state index is 12.5. The Hall–Kier alpha value is -1.25. The van der Waals surface area contributed by atoms with Crippen LogP contribution >= 0.6 is 15.9 Å². The molecule has 0 bridgehead atoms. The molecule has 1 aromatic rings. The SMILES string of the molecule is CCOc1ccc(C(=O)C(C(F)(F)F)C(F)(F)F)cc1Br. The molecule has 0 atom stereocenters. The van der Waals surface area contributed by atoms with E-state index >= 15 is 0 Å². The number of benzene rings is 1. The predicted molar refractivity (Wildman–Crippen MR) is 65.2 cm³/mol. The van der Waals surface area contributed by atoms with Gasteiger partial charge in [0.25, 0.3) is 0 Å². The van der Waals surface area contributed by atoms with Gasteiger partial charge < -0.3 is 4.74 Å². The molecule has 9 heteroatoms. The van der Waals surface area contributed by atoms with Crippen molar-refractivity contribution in [2.75, 3.05) is 6.61 Å². The van der Waals surface area contributed by atoms with Crippen molar-refractivity contribution in [3.63, 3.8) is 0 Å². The second kappa shape index (κ2) is 6.25. The Balaban J connectivity index is 3.20. The molecule has 1 rings (SSSR count). The van der Waals surface area contributed by atoms with Gasteiger partial charge in [-0.15, -0.1) is 0 Å². The summed E-state index contributed by atoms with van der Waals surface area (Å²) < 4.78 is 80.0. The molecule has 0 aliphatic rings. The molecule has 0 aliphatic heterocycles. The van der Waals surface area contributed by atoms with E-state index in [-0.39, 0.29) is 16.8 Å². The molecule has 118 valence electrons. The predicted octanol–water partition coefficient (Wildman–Crippen LogP) is 4.77. The Labute approximate surface area is 124 Å². The highest BCUT2D eigenvalue weighted by atomic mass is 79.9. The normalized spacial score (nSPS) is 12.6. The van der Waals surface area contributed by atoms with E-state index in [0.29, 0.717) is 0 Å². The Kier molecular flexibility index (Phi) is 5.30. The summed E-state index contributed by atoms with van der Waals surface area (Å²) in [5.41, 5.74) is -0.704. The molecule has 0 spiro atoms. The molecular formula is C12H9BrF6O2. The number of ether oxygens (including phenoxy) is 1. The molecule has 0 heterocycles. The van der Waals surface area contributed by atoms with Crippen LogP contribution < -0.4 is 4.74 Å². The average molecular weight is 379 g/mol. The zero-order chi connectivity index (χ0) is 16.4. The maximum Gasteiger partial charge on any atom is 0.407 e. The third-order valence-corrected chi connectivity index (χ3v) is 3.05. The van der Waals surface area contributed by atoms with Crippen molar-refractivity contribution >= 4 is 21.7 Å². The zero-order valence-electron chi connectivity index (χ0n) is 10.5. The van der Waals surface area contributed by atoms with E-state index in [1.165, 1.54) is 0 Å². The summed E-state index contributed by atoms with van der Waals surface area (Å²) in [7, 11) is 0. The van der Waals surface area contributed by atoms with Gasteiger partial charge in [0.05, 0.1) is 11.1 Å². The van der Waals surface area contributed by atoms with Gasteiger partial charge in [0.15, 0.2) is 5.78 Å². The molecule has 0 unspecified atom stereocenters. The summed E-state index contributed by atoms with van der Waals surface area (Å²) in [5, 5.41) is 0. The summed E-state index contributed by atoms with van der Waals surface area (Å²) in [6.07, 6.45) is -11.4. The summed E-state index contributed by atoms with van der Waals surface area (Å²) >= 11 is 2.93. The highest BCUT2D eigenvalue weighted by molar-refractivity contribution is 9.10. The monoisotopic (exact) mass is 378 g/mol. The lowest BCUT2D eigenvalue weighted by molar-refractivity contribution is -0.264. The van der Waals surface area contributed by atoms with E-state index in [2.05, 4.69) is 15.9 Å². The fraction of sp³-hybridized carbons (Fsp3) is 0.417. The molecule has 1 aromatic carbocycles. The van der Waals surface area contributed by atoms with Gasteiger partial charge in [0.1, 0.15) is 5.75 Å². The average Bonchev–Trinajstić information content (AvgIpc) is 2.28. The molecule has 0 aliphatic carbocycles. The van der Waals surface area contributed by atoms with E-state index in [9.17, 15) is 31.1 Å². The van der Waals surface area contributed by atoms with Crippen molar-refractivity contribution in [2.24, 2.45) is 5.92 Å². The van der Waals surface area contributed by atoms with Gasteiger partial charge in [-0.2, -0.15) is 26.3 Å². The van der Waals surface area contributed by atoms with E-state index in [4.69, 9.17) is 4.74 Å². The van der Waals surface area contributed by atoms with E-state index in [1.54, 1.807) is 6.92 Å². The highest BCUT2D eigenvalue weighted by Gasteiger charge is 2.60. The van der Waals surface area contributed by atoms with Crippen molar-refractivity contribution in [2.45, 2.75) is 19.3 Å². The van der Waals surface area contributed by atoms with E-state index in [0.717, 1.165) is 18.2 Å². The molecule has 0 aromatic heterocycles. The molecule has 0 saturated carbocycles. The first kappa shape index (κ1) is 17.8. The standard InChI is InChI=1S/C12H9BrF6O2/c1-2-21-8-4-3-6(5-7(8)13)9(20)10(11(14,15)16)12(17,18)19/h3-5,10H,2H2,1H3. The van der Waals surface area contributed by atoms with E-state index in [1.807, 2.05) is 0 Å². The first-order valence-electron chi connectivity index (χ1n) is 5.58. The Morgan fingerprint density at radius 1 is 1.19 bits per heavy atom. The number of Topliss-reactive ketones (excluding diaryl/α,β-unsaturated/α-hetero) is 1. The Morgan fingerprint density at radius 3 is 2.10 bits per heavy atom. The summed E-state index contributed by atoms with van der Waals surface area (Å²) in [6.45, 7) is 1.90. The number of halogens is 7. The number of carbonyl (C=O) groups is 1. The van der Waals surface area contributed by atoms with Crippen LogP contribution in [0.4, 0.5) is 26.3 Å². The number of alkyl halides is 6. The molecule has 0 amide bonds. The molecule has 0 radical (unpaired) electrons. The number of rotatable bonds is 4. The van der Waals surface area contributed by atoms with Gasteiger partial charge in [0.2, 0.25) is 5.92 Å². The first-order chi connectivity index (χ1) is 9.48. The molecule has 2 nitrogen and oxygen atoms in total. The van der Waals surface area contributed by atoms with Gasteiger partial charge in [0, 0.05) is 5.56 Å². The largest absolute Gasteiger partial charge is 0.493 e. The minimum absolute atomic E-state index is 0.0956. The lowest BCUT2D eigenvalue weighted by atomic mass is 9.96. The first-order valence-corrected chi connectivity index (χ1v) is 6.37. The number of hydrogen-bond donors (Lipinski definition) is 0. The number of ketones is 1. The van der Waals surface area contributed by atoms with Gasteiger partial charge in [-0.05, 0) is 41.1 Å². The fourth-order valence-electron chi connectivity index (χ4n) is 1.58. The van der Waals surface area contributed by atoms with E-state index < -0.39 is 29.6 Å². The third-order valence-electron chi connectivity index (χ3n) is 2.43. The van der Waals surface area contributed by atoms with Crippen LogP contribution in [0.3, 0.4) is 0 Å². The maximum atomic E-state index is 12.5.